The molecule has 1 aromatic rings. The van der Waals surface area contributed by atoms with E-state index < -0.39 is 5.97 Å². The van der Waals surface area contributed by atoms with Gasteiger partial charge in [-0.3, -0.25) is 0 Å². The minimum absolute atomic E-state index is 0.219. The first-order valence-corrected chi connectivity index (χ1v) is 6.23. The van der Waals surface area contributed by atoms with Crippen LogP contribution in [0.3, 0.4) is 0 Å². The van der Waals surface area contributed by atoms with Crippen molar-refractivity contribution in [3.63, 3.8) is 0 Å². The molecule has 1 saturated heterocycles. The summed E-state index contributed by atoms with van der Waals surface area (Å²) in [5.41, 5.74) is 0.589. The fraction of sp³-hybridized carbons (Fsp3) is 0.429. The summed E-state index contributed by atoms with van der Waals surface area (Å²) >= 11 is 0. The Morgan fingerprint density at radius 2 is 2.37 bits per heavy atom. The Bertz CT molecular complexity index is 497. The molecular formula is C14H18N2O3. The highest BCUT2D eigenvalue weighted by Gasteiger charge is 2.28. The van der Waals surface area contributed by atoms with Crippen LogP contribution < -0.4 is 4.90 Å². The third kappa shape index (κ3) is 3.54. The number of carboxylic acid groups (broad SMARTS) is 1. The molecule has 0 aromatic carbocycles. The molecule has 2 heterocycles. The molecule has 0 radical (unpaired) electrons. The number of aliphatic carboxylic acids is 1. The lowest BCUT2D eigenvalue weighted by atomic mass is 10.1. The first-order valence-electron chi connectivity index (χ1n) is 6.23. The number of hydrogen-bond acceptors (Lipinski definition) is 4. The molecule has 19 heavy (non-hydrogen) atoms. The van der Waals surface area contributed by atoms with Crippen LogP contribution in [0.2, 0.25) is 0 Å². The average Bonchev–Trinajstić information content (AvgIpc) is 2.35. The molecule has 0 aliphatic carbocycles. The quantitative estimate of drug-likeness (QED) is 0.841. The average molecular weight is 262 g/mol. The Morgan fingerprint density at radius 1 is 1.58 bits per heavy atom. The third-order valence-electron chi connectivity index (χ3n) is 2.95. The van der Waals surface area contributed by atoms with Gasteiger partial charge in [0.05, 0.1) is 12.2 Å². The third-order valence-corrected chi connectivity index (χ3v) is 2.95. The Balaban J connectivity index is 2.26. The molecule has 1 aliphatic rings. The molecule has 0 spiro atoms. The largest absolute Gasteiger partial charge is 0.478 e. The van der Waals surface area contributed by atoms with Gasteiger partial charge in [0.25, 0.3) is 0 Å². The van der Waals surface area contributed by atoms with Crippen molar-refractivity contribution in [1.29, 1.82) is 0 Å². The van der Waals surface area contributed by atoms with Gasteiger partial charge in [-0.25, -0.2) is 9.78 Å². The zero-order chi connectivity index (χ0) is 13.9. The summed E-state index contributed by atoms with van der Waals surface area (Å²) in [7, 11) is 0. The first-order chi connectivity index (χ1) is 8.98. The molecule has 102 valence electrons. The van der Waals surface area contributed by atoms with E-state index in [0.717, 1.165) is 30.5 Å². The number of carboxylic acids is 1. The number of rotatable bonds is 3. The first kappa shape index (κ1) is 13.5. The minimum atomic E-state index is -0.961. The fourth-order valence-electron chi connectivity index (χ4n) is 2.16. The van der Waals surface area contributed by atoms with Gasteiger partial charge >= 0.3 is 5.97 Å². The zero-order valence-electron chi connectivity index (χ0n) is 11.2. The van der Waals surface area contributed by atoms with Crippen molar-refractivity contribution >= 4 is 17.9 Å². The van der Waals surface area contributed by atoms with Gasteiger partial charge in [0, 0.05) is 30.9 Å². The molecule has 0 bridgehead atoms. The highest BCUT2D eigenvalue weighted by atomic mass is 16.5. The number of pyridine rings is 1. The normalized spacial score (nSPS) is 18.7. The maximum Gasteiger partial charge on any atom is 0.328 e. The summed E-state index contributed by atoms with van der Waals surface area (Å²) < 4.78 is 5.67. The van der Waals surface area contributed by atoms with Gasteiger partial charge in [0.15, 0.2) is 0 Å². The Labute approximate surface area is 112 Å². The Morgan fingerprint density at radius 3 is 3.05 bits per heavy atom. The van der Waals surface area contributed by atoms with Crippen LogP contribution in [0.5, 0.6) is 0 Å². The lowest BCUT2D eigenvalue weighted by Gasteiger charge is -2.39. The lowest BCUT2D eigenvalue weighted by molar-refractivity contribution is -0.131. The van der Waals surface area contributed by atoms with Crippen LogP contribution >= 0.6 is 0 Å². The monoisotopic (exact) mass is 262 g/mol. The highest BCUT2D eigenvalue weighted by molar-refractivity contribution is 5.86. The molecule has 2 rings (SSSR count). The van der Waals surface area contributed by atoms with Gasteiger partial charge < -0.3 is 14.7 Å². The molecular weight excluding hydrogens is 244 g/mol. The fourth-order valence-corrected chi connectivity index (χ4v) is 2.16. The van der Waals surface area contributed by atoms with Gasteiger partial charge in [-0.05, 0) is 32.1 Å². The van der Waals surface area contributed by atoms with E-state index in [-0.39, 0.29) is 5.60 Å². The zero-order valence-corrected chi connectivity index (χ0v) is 11.2. The predicted molar refractivity (Wildman–Crippen MR) is 73.2 cm³/mol. The van der Waals surface area contributed by atoms with Crippen molar-refractivity contribution in [1.82, 2.24) is 4.98 Å². The van der Waals surface area contributed by atoms with Gasteiger partial charge in [0.1, 0.15) is 5.82 Å². The number of carbonyl (C=O) groups is 1. The van der Waals surface area contributed by atoms with E-state index in [9.17, 15) is 4.79 Å². The Hall–Kier alpha value is -1.88. The van der Waals surface area contributed by atoms with Gasteiger partial charge in [-0.15, -0.1) is 0 Å². The summed E-state index contributed by atoms with van der Waals surface area (Å²) in [5.74, 6) is -0.159. The van der Waals surface area contributed by atoms with E-state index in [1.165, 1.54) is 0 Å². The van der Waals surface area contributed by atoms with E-state index in [0.29, 0.717) is 6.61 Å². The molecule has 0 atom stereocenters. The number of anilines is 1. The maximum atomic E-state index is 10.6. The van der Waals surface area contributed by atoms with Crippen LogP contribution in [0.1, 0.15) is 19.4 Å². The van der Waals surface area contributed by atoms with E-state index in [2.05, 4.69) is 9.88 Å². The molecule has 0 amide bonds. The summed E-state index contributed by atoms with van der Waals surface area (Å²) in [4.78, 5) is 17.1. The summed E-state index contributed by atoms with van der Waals surface area (Å²) in [6.45, 7) is 6.21. The molecule has 1 fully saturated rings. The number of hydrogen-bond donors (Lipinski definition) is 1. The molecule has 1 aromatic heterocycles. The smallest absolute Gasteiger partial charge is 0.328 e. The van der Waals surface area contributed by atoms with Crippen LogP contribution in [0.25, 0.3) is 6.08 Å². The molecule has 5 heteroatoms. The van der Waals surface area contributed by atoms with Crippen molar-refractivity contribution < 1.29 is 14.6 Å². The highest BCUT2D eigenvalue weighted by Crippen LogP contribution is 2.24. The minimum Gasteiger partial charge on any atom is -0.478 e. The second-order valence-corrected chi connectivity index (χ2v) is 5.12. The summed E-state index contributed by atoms with van der Waals surface area (Å²) in [6.07, 6.45) is 4.43. The topological polar surface area (TPSA) is 62.7 Å². The second kappa shape index (κ2) is 5.40. The van der Waals surface area contributed by atoms with Crippen LogP contribution in [-0.4, -0.2) is 41.4 Å². The van der Waals surface area contributed by atoms with Crippen LogP contribution in [0.15, 0.2) is 24.4 Å². The van der Waals surface area contributed by atoms with Gasteiger partial charge in [0.2, 0.25) is 0 Å². The van der Waals surface area contributed by atoms with Crippen molar-refractivity contribution in [2.75, 3.05) is 24.6 Å². The van der Waals surface area contributed by atoms with Crippen LogP contribution in [-0.2, 0) is 9.53 Å². The van der Waals surface area contributed by atoms with E-state index in [4.69, 9.17) is 9.84 Å². The SMILES string of the molecule is CC1(C)CN(c2ncccc2/C=C/C(=O)O)CCO1. The molecule has 0 unspecified atom stereocenters. The lowest BCUT2D eigenvalue weighted by Crippen LogP contribution is -2.48. The Kier molecular flexibility index (Phi) is 3.85. The van der Waals surface area contributed by atoms with E-state index in [1.54, 1.807) is 18.3 Å². The van der Waals surface area contributed by atoms with Crippen LogP contribution in [0.4, 0.5) is 5.82 Å². The second-order valence-electron chi connectivity index (χ2n) is 5.12. The van der Waals surface area contributed by atoms with Crippen molar-refractivity contribution in [3.05, 3.63) is 30.0 Å². The molecule has 1 aliphatic heterocycles. The number of ether oxygens (including phenoxy) is 1. The molecule has 5 nitrogen and oxygen atoms in total. The van der Waals surface area contributed by atoms with Crippen molar-refractivity contribution in [2.24, 2.45) is 0 Å². The van der Waals surface area contributed by atoms with Crippen molar-refractivity contribution in [3.8, 4) is 0 Å². The van der Waals surface area contributed by atoms with Crippen LogP contribution in [0, 0.1) is 0 Å². The predicted octanol–water partition coefficient (Wildman–Crippen LogP) is 1.79. The molecule has 0 saturated carbocycles. The number of nitrogens with zero attached hydrogens (tertiary/aromatic N) is 2. The standard InChI is InChI=1S/C14H18N2O3/c1-14(2)10-16(8-9-19-14)13-11(4-3-7-15-13)5-6-12(17)18/h3-7H,8-10H2,1-2H3,(H,17,18)/b6-5+. The summed E-state index contributed by atoms with van der Waals surface area (Å²) in [6, 6.07) is 3.67. The van der Waals surface area contributed by atoms with E-state index >= 15 is 0 Å². The van der Waals surface area contributed by atoms with Crippen molar-refractivity contribution in [2.45, 2.75) is 19.4 Å². The number of morpholine rings is 1. The summed E-state index contributed by atoms with van der Waals surface area (Å²) in [5, 5.41) is 8.72. The molecule has 1 N–H and O–H groups in total. The van der Waals surface area contributed by atoms with E-state index in [1.807, 2.05) is 19.9 Å². The number of aromatic nitrogens is 1. The maximum absolute atomic E-state index is 10.6. The van der Waals surface area contributed by atoms with Gasteiger partial charge in [-0.2, -0.15) is 0 Å². The van der Waals surface area contributed by atoms with Gasteiger partial charge in [-0.1, -0.05) is 0 Å².